The second-order valence-electron chi connectivity index (χ2n) is 15.0. The molecule has 11 rings (SSSR count). The normalized spacial score (nSPS) is 11.4. The van der Waals surface area contributed by atoms with Gasteiger partial charge in [-0.05, 0) is 122 Å². The minimum Gasteiger partial charge on any atom is -0.311 e. The van der Waals surface area contributed by atoms with Crippen LogP contribution < -0.4 is 4.90 Å². The van der Waals surface area contributed by atoms with Crippen LogP contribution in [0, 0.1) is 0 Å². The molecule has 10 aromatic carbocycles. The van der Waals surface area contributed by atoms with Crippen molar-refractivity contribution in [2.24, 2.45) is 0 Å². The molecule has 1 aromatic heterocycles. The molecular formula is C56H38N2. The fraction of sp³-hybridized carbons (Fsp3) is 0. The number of benzene rings is 10. The smallest absolute Gasteiger partial charge is 0.0547 e. The lowest BCUT2D eigenvalue weighted by atomic mass is 10.0. The molecule has 0 radical (unpaired) electrons. The average molecular weight is 739 g/mol. The van der Waals surface area contributed by atoms with Gasteiger partial charge < -0.3 is 9.47 Å². The van der Waals surface area contributed by atoms with E-state index >= 15 is 0 Å². The van der Waals surface area contributed by atoms with Gasteiger partial charge in [0.25, 0.3) is 0 Å². The maximum Gasteiger partial charge on any atom is 0.0547 e. The topological polar surface area (TPSA) is 8.17 Å². The van der Waals surface area contributed by atoms with E-state index in [0.717, 1.165) is 22.7 Å². The zero-order valence-electron chi connectivity index (χ0n) is 31.8. The van der Waals surface area contributed by atoms with Crippen LogP contribution in [-0.2, 0) is 0 Å². The Hall–Kier alpha value is -7.68. The zero-order valence-corrected chi connectivity index (χ0v) is 31.8. The molecule has 0 atom stereocenters. The van der Waals surface area contributed by atoms with Crippen molar-refractivity contribution in [3.8, 4) is 39.1 Å². The molecule has 0 spiro atoms. The van der Waals surface area contributed by atoms with E-state index in [2.05, 4.69) is 240 Å². The van der Waals surface area contributed by atoms with Gasteiger partial charge in [0.2, 0.25) is 0 Å². The molecule has 0 N–H and O–H groups in total. The zero-order chi connectivity index (χ0) is 38.4. The summed E-state index contributed by atoms with van der Waals surface area (Å²) in [5, 5.41) is 7.63. The number of nitrogens with zero attached hydrogens (tertiary/aromatic N) is 2. The lowest BCUT2D eigenvalue weighted by molar-refractivity contribution is 1.18. The number of hydrogen-bond acceptors (Lipinski definition) is 1. The standard InChI is InChI=1S/C56H38N2/c1-2-10-39(11-3-1)41-20-29-48(30-21-41)57(50-33-26-44(27-34-50)47-19-18-40-12-4-5-14-46(40)38-47)49-31-22-42(23-32-49)43-24-35-51(36-25-43)58-54-17-9-8-16-53(54)56-52-15-7-6-13-45(52)28-37-55(56)58/h1-38H. The van der Waals surface area contributed by atoms with Crippen molar-refractivity contribution in [3.05, 3.63) is 231 Å². The summed E-state index contributed by atoms with van der Waals surface area (Å²) in [6, 6.07) is 83.6. The van der Waals surface area contributed by atoms with E-state index in [0.29, 0.717) is 0 Å². The van der Waals surface area contributed by atoms with Gasteiger partial charge in [-0.25, -0.2) is 0 Å². The summed E-state index contributed by atoms with van der Waals surface area (Å²) in [6.07, 6.45) is 0. The van der Waals surface area contributed by atoms with Crippen molar-refractivity contribution < 1.29 is 0 Å². The number of hydrogen-bond donors (Lipinski definition) is 0. The second-order valence-corrected chi connectivity index (χ2v) is 15.0. The van der Waals surface area contributed by atoms with Gasteiger partial charge in [-0.1, -0.05) is 164 Å². The summed E-state index contributed by atoms with van der Waals surface area (Å²) in [4.78, 5) is 2.35. The Bertz CT molecular complexity index is 3230. The van der Waals surface area contributed by atoms with Crippen molar-refractivity contribution in [1.29, 1.82) is 0 Å². The van der Waals surface area contributed by atoms with Gasteiger partial charge in [0.1, 0.15) is 0 Å². The van der Waals surface area contributed by atoms with Crippen molar-refractivity contribution in [2.45, 2.75) is 0 Å². The van der Waals surface area contributed by atoms with Crippen LogP contribution >= 0.6 is 0 Å². The maximum absolute atomic E-state index is 2.40. The molecule has 2 nitrogen and oxygen atoms in total. The Balaban J connectivity index is 0.938. The first-order valence-corrected chi connectivity index (χ1v) is 19.9. The molecule has 58 heavy (non-hydrogen) atoms. The molecule has 0 saturated heterocycles. The SMILES string of the molecule is c1ccc(-c2ccc(N(c3ccc(-c4ccc(-n5c6ccccc6c6c7ccccc7ccc65)cc4)cc3)c3ccc(-c4ccc5ccccc5c4)cc3)cc2)cc1. The van der Waals surface area contributed by atoms with E-state index in [1.807, 2.05) is 0 Å². The summed E-state index contributed by atoms with van der Waals surface area (Å²) in [7, 11) is 0. The van der Waals surface area contributed by atoms with Crippen LogP contribution in [-0.4, -0.2) is 4.57 Å². The van der Waals surface area contributed by atoms with Gasteiger partial charge in [-0.2, -0.15) is 0 Å². The first kappa shape index (κ1) is 33.6. The molecule has 0 aliphatic rings. The number of aromatic nitrogens is 1. The van der Waals surface area contributed by atoms with E-state index in [9.17, 15) is 0 Å². The fourth-order valence-corrected chi connectivity index (χ4v) is 8.68. The van der Waals surface area contributed by atoms with Crippen molar-refractivity contribution >= 4 is 60.4 Å². The third-order valence-electron chi connectivity index (χ3n) is 11.6. The predicted octanol–water partition coefficient (Wildman–Crippen LogP) is 15.6. The number of rotatable bonds is 7. The summed E-state index contributed by atoms with van der Waals surface area (Å²) in [6.45, 7) is 0. The summed E-state index contributed by atoms with van der Waals surface area (Å²) < 4.78 is 2.40. The van der Waals surface area contributed by atoms with Crippen LogP contribution in [0.1, 0.15) is 0 Å². The van der Waals surface area contributed by atoms with Gasteiger partial charge in [-0.3, -0.25) is 0 Å². The highest BCUT2D eigenvalue weighted by Gasteiger charge is 2.16. The predicted molar refractivity (Wildman–Crippen MR) is 247 cm³/mol. The van der Waals surface area contributed by atoms with Gasteiger partial charge >= 0.3 is 0 Å². The lowest BCUT2D eigenvalue weighted by Gasteiger charge is -2.26. The van der Waals surface area contributed by atoms with E-state index in [4.69, 9.17) is 0 Å². The molecule has 0 aliphatic heterocycles. The minimum atomic E-state index is 1.10. The van der Waals surface area contributed by atoms with Gasteiger partial charge in [0.15, 0.2) is 0 Å². The first-order valence-electron chi connectivity index (χ1n) is 19.9. The highest BCUT2D eigenvalue weighted by Crippen LogP contribution is 2.40. The summed E-state index contributed by atoms with van der Waals surface area (Å²) in [5.41, 5.74) is 14.1. The molecule has 272 valence electrons. The minimum absolute atomic E-state index is 1.10. The third kappa shape index (κ3) is 5.91. The fourth-order valence-electron chi connectivity index (χ4n) is 8.68. The second kappa shape index (κ2) is 14.1. The Morgan fingerprint density at radius 1 is 0.276 bits per heavy atom. The Kier molecular flexibility index (Phi) is 8.19. The van der Waals surface area contributed by atoms with Crippen LogP contribution in [0.25, 0.3) is 82.4 Å². The maximum atomic E-state index is 2.40. The Morgan fingerprint density at radius 3 is 1.36 bits per heavy atom. The number of para-hydroxylation sites is 1. The third-order valence-corrected chi connectivity index (χ3v) is 11.6. The largest absolute Gasteiger partial charge is 0.311 e. The van der Waals surface area contributed by atoms with Crippen LogP contribution in [0.5, 0.6) is 0 Å². The molecule has 2 heteroatoms. The van der Waals surface area contributed by atoms with Crippen molar-refractivity contribution in [2.75, 3.05) is 4.90 Å². The van der Waals surface area contributed by atoms with Gasteiger partial charge in [-0.15, -0.1) is 0 Å². The van der Waals surface area contributed by atoms with Crippen LogP contribution in [0.15, 0.2) is 231 Å². The van der Waals surface area contributed by atoms with Crippen LogP contribution in [0.2, 0.25) is 0 Å². The highest BCUT2D eigenvalue weighted by molar-refractivity contribution is 6.21. The summed E-state index contributed by atoms with van der Waals surface area (Å²) in [5.74, 6) is 0. The van der Waals surface area contributed by atoms with Crippen molar-refractivity contribution in [1.82, 2.24) is 4.57 Å². The van der Waals surface area contributed by atoms with Crippen molar-refractivity contribution in [3.63, 3.8) is 0 Å². The monoisotopic (exact) mass is 738 g/mol. The lowest BCUT2D eigenvalue weighted by Crippen LogP contribution is -2.09. The summed E-state index contributed by atoms with van der Waals surface area (Å²) >= 11 is 0. The number of anilines is 3. The first-order chi connectivity index (χ1) is 28.7. The van der Waals surface area contributed by atoms with Crippen LogP contribution in [0.3, 0.4) is 0 Å². The van der Waals surface area contributed by atoms with Crippen LogP contribution in [0.4, 0.5) is 17.1 Å². The molecule has 0 amide bonds. The molecule has 0 aliphatic carbocycles. The molecule has 11 aromatic rings. The van der Waals surface area contributed by atoms with E-state index in [-0.39, 0.29) is 0 Å². The molecule has 0 fully saturated rings. The molecular weight excluding hydrogens is 701 g/mol. The number of fused-ring (bicyclic) bond motifs is 6. The Labute approximate surface area is 338 Å². The Morgan fingerprint density at radius 2 is 0.724 bits per heavy atom. The quantitative estimate of drug-likeness (QED) is 0.158. The van der Waals surface area contributed by atoms with Gasteiger partial charge in [0.05, 0.1) is 11.0 Å². The average Bonchev–Trinajstić information content (AvgIpc) is 3.65. The van der Waals surface area contributed by atoms with Gasteiger partial charge in [0, 0.05) is 33.5 Å². The molecule has 0 unspecified atom stereocenters. The highest BCUT2D eigenvalue weighted by atomic mass is 15.1. The van der Waals surface area contributed by atoms with E-state index in [1.54, 1.807) is 0 Å². The van der Waals surface area contributed by atoms with E-state index < -0.39 is 0 Å². The molecule has 1 heterocycles. The molecule has 0 saturated carbocycles. The molecule has 0 bridgehead atoms. The van der Waals surface area contributed by atoms with E-state index in [1.165, 1.54) is 76.7 Å².